The molecular weight excluding hydrogens is 284 g/mol. The summed E-state index contributed by atoms with van der Waals surface area (Å²) in [4.78, 5) is 15.7. The molecule has 0 radical (unpaired) electrons. The molecule has 0 atom stereocenters. The van der Waals surface area contributed by atoms with Crippen LogP contribution in [-0.4, -0.2) is 27.2 Å². The van der Waals surface area contributed by atoms with Gasteiger partial charge in [0, 0.05) is 23.6 Å². The van der Waals surface area contributed by atoms with E-state index in [9.17, 15) is 4.79 Å². The third-order valence-corrected chi connectivity index (χ3v) is 3.13. The van der Waals surface area contributed by atoms with Crippen molar-refractivity contribution in [2.45, 2.75) is 6.42 Å². The number of fused-ring (bicyclic) bond motifs is 1. The van der Waals surface area contributed by atoms with E-state index < -0.39 is 0 Å². The molecule has 0 saturated heterocycles. The fourth-order valence-corrected chi connectivity index (χ4v) is 2.29. The number of nitrogens with one attached hydrogen (secondary N) is 1. The van der Waals surface area contributed by atoms with Gasteiger partial charge >= 0.3 is 0 Å². The van der Waals surface area contributed by atoms with Gasteiger partial charge in [-0.15, -0.1) is 0 Å². The Bertz CT molecular complexity index is 593. The first kappa shape index (κ1) is 10.5. The molecule has 0 fully saturated rings. The maximum absolute atomic E-state index is 11.6. The number of halogens is 1. The van der Waals surface area contributed by atoms with Crippen LogP contribution in [0.2, 0.25) is 0 Å². The number of carbonyl (C=O) groups excluding carboxylic acids is 1. The molecule has 6 heteroatoms. The molecule has 1 aliphatic rings. The zero-order valence-corrected chi connectivity index (χ0v) is 10.4. The zero-order chi connectivity index (χ0) is 11.8. The number of rotatable bonds is 1. The van der Waals surface area contributed by atoms with Gasteiger partial charge in [-0.1, -0.05) is 0 Å². The molecule has 1 aliphatic heterocycles. The van der Waals surface area contributed by atoms with Crippen molar-refractivity contribution < 1.29 is 4.79 Å². The van der Waals surface area contributed by atoms with Gasteiger partial charge in [-0.05, 0) is 22.0 Å². The summed E-state index contributed by atoms with van der Waals surface area (Å²) in [5.74, 6) is -0.0551. The third kappa shape index (κ3) is 1.74. The normalized spacial score (nSPS) is 14.3. The van der Waals surface area contributed by atoms with Crippen LogP contribution in [0.1, 0.15) is 16.1 Å². The number of amides is 1. The lowest BCUT2D eigenvalue weighted by Crippen LogP contribution is -2.32. The van der Waals surface area contributed by atoms with E-state index in [2.05, 4.69) is 31.3 Å². The molecule has 2 aromatic heterocycles. The lowest BCUT2D eigenvalue weighted by molar-refractivity contribution is 0.0945. The van der Waals surface area contributed by atoms with Gasteiger partial charge in [-0.2, -0.15) is 5.10 Å². The molecule has 1 N–H and O–H groups in total. The van der Waals surface area contributed by atoms with Crippen LogP contribution in [0.4, 0.5) is 0 Å². The fourth-order valence-electron chi connectivity index (χ4n) is 1.93. The van der Waals surface area contributed by atoms with Gasteiger partial charge in [-0.3, -0.25) is 9.78 Å². The van der Waals surface area contributed by atoms with Gasteiger partial charge in [-0.25, -0.2) is 4.68 Å². The van der Waals surface area contributed by atoms with E-state index in [0.717, 1.165) is 22.3 Å². The van der Waals surface area contributed by atoms with E-state index in [4.69, 9.17) is 0 Å². The molecule has 5 nitrogen and oxygen atoms in total. The highest BCUT2D eigenvalue weighted by Gasteiger charge is 2.22. The van der Waals surface area contributed by atoms with Gasteiger partial charge in [0.25, 0.3) is 5.91 Å². The van der Waals surface area contributed by atoms with Crippen molar-refractivity contribution >= 4 is 21.8 Å². The summed E-state index contributed by atoms with van der Waals surface area (Å²) >= 11 is 3.37. The van der Waals surface area contributed by atoms with Crippen LogP contribution in [-0.2, 0) is 6.42 Å². The molecular formula is C11H9BrN4O. The van der Waals surface area contributed by atoms with Crippen molar-refractivity contribution in [1.82, 2.24) is 20.1 Å². The summed E-state index contributed by atoms with van der Waals surface area (Å²) in [7, 11) is 0. The smallest absolute Gasteiger partial charge is 0.254 e. The Hall–Kier alpha value is -1.69. The first-order valence-corrected chi connectivity index (χ1v) is 6.01. The van der Waals surface area contributed by atoms with Gasteiger partial charge in [0.05, 0.1) is 29.3 Å². The lowest BCUT2D eigenvalue weighted by atomic mass is 10.1. The van der Waals surface area contributed by atoms with Crippen LogP contribution in [0.5, 0.6) is 0 Å². The van der Waals surface area contributed by atoms with Gasteiger partial charge in [0.15, 0.2) is 0 Å². The van der Waals surface area contributed by atoms with Gasteiger partial charge in [0.2, 0.25) is 0 Å². The quantitative estimate of drug-likeness (QED) is 0.862. The number of carbonyl (C=O) groups is 1. The molecule has 0 unspecified atom stereocenters. The Morgan fingerprint density at radius 3 is 3.06 bits per heavy atom. The predicted octanol–water partition coefficient (Wildman–Crippen LogP) is 1.32. The summed E-state index contributed by atoms with van der Waals surface area (Å²) < 4.78 is 2.66. The second kappa shape index (κ2) is 3.96. The highest BCUT2D eigenvalue weighted by molar-refractivity contribution is 9.10. The number of hydrogen-bond donors (Lipinski definition) is 1. The maximum atomic E-state index is 11.6. The summed E-state index contributed by atoms with van der Waals surface area (Å²) in [6.45, 7) is 0.652. The molecule has 86 valence electrons. The van der Waals surface area contributed by atoms with Crippen molar-refractivity contribution in [2.24, 2.45) is 0 Å². The van der Waals surface area contributed by atoms with Crippen molar-refractivity contribution in [1.29, 1.82) is 0 Å². The number of nitrogens with zero attached hydrogens (tertiary/aromatic N) is 3. The van der Waals surface area contributed by atoms with Crippen LogP contribution in [0.3, 0.4) is 0 Å². The lowest BCUT2D eigenvalue weighted by Gasteiger charge is -2.14. The Kier molecular flexibility index (Phi) is 2.44. The summed E-state index contributed by atoms with van der Waals surface area (Å²) in [5, 5.41) is 7.05. The molecule has 0 saturated carbocycles. The Balaban J connectivity index is 2.13. The number of hydrogen-bond acceptors (Lipinski definition) is 3. The topological polar surface area (TPSA) is 59.8 Å². The van der Waals surface area contributed by atoms with E-state index in [1.54, 1.807) is 23.3 Å². The molecule has 0 bridgehead atoms. The van der Waals surface area contributed by atoms with Crippen LogP contribution >= 0.6 is 15.9 Å². The van der Waals surface area contributed by atoms with E-state index in [0.29, 0.717) is 12.1 Å². The van der Waals surface area contributed by atoms with Crippen molar-refractivity contribution in [2.75, 3.05) is 6.54 Å². The van der Waals surface area contributed by atoms with E-state index in [1.165, 1.54) is 0 Å². The Labute approximate surface area is 106 Å². The second-order valence-corrected chi connectivity index (χ2v) is 4.70. The minimum absolute atomic E-state index is 0.0551. The van der Waals surface area contributed by atoms with Crippen molar-refractivity contribution in [3.05, 3.63) is 40.4 Å². The van der Waals surface area contributed by atoms with Gasteiger partial charge < -0.3 is 5.32 Å². The zero-order valence-electron chi connectivity index (χ0n) is 8.85. The third-order valence-electron chi connectivity index (χ3n) is 2.70. The summed E-state index contributed by atoms with van der Waals surface area (Å²) in [6, 6.07) is 1.92. The predicted molar refractivity (Wildman–Crippen MR) is 65.1 cm³/mol. The molecule has 17 heavy (non-hydrogen) atoms. The average molecular weight is 293 g/mol. The minimum Gasteiger partial charge on any atom is -0.352 e. The van der Waals surface area contributed by atoms with E-state index in [-0.39, 0.29) is 5.91 Å². The molecule has 0 aliphatic carbocycles. The molecule has 2 aromatic rings. The number of pyridine rings is 1. The monoisotopic (exact) mass is 292 g/mol. The molecule has 3 rings (SSSR count). The largest absolute Gasteiger partial charge is 0.352 e. The number of aromatic nitrogens is 3. The molecule has 3 heterocycles. The molecule has 1 amide bonds. The first-order valence-electron chi connectivity index (χ1n) is 5.22. The SMILES string of the molecule is O=C1NCCc2c1cnn2-c1cncc(Br)c1. The Morgan fingerprint density at radius 1 is 1.35 bits per heavy atom. The van der Waals surface area contributed by atoms with Crippen LogP contribution in [0.15, 0.2) is 29.1 Å². The van der Waals surface area contributed by atoms with Crippen molar-refractivity contribution in [3.63, 3.8) is 0 Å². The summed E-state index contributed by atoms with van der Waals surface area (Å²) in [5.41, 5.74) is 2.44. The minimum atomic E-state index is -0.0551. The Morgan fingerprint density at radius 2 is 2.24 bits per heavy atom. The molecule has 0 spiro atoms. The fraction of sp³-hybridized carbons (Fsp3) is 0.182. The standard InChI is InChI=1S/C11H9BrN4O/c12-7-3-8(5-13-4-7)16-10-1-2-14-11(17)9(10)6-15-16/h3-6H,1-2H2,(H,14,17). The highest BCUT2D eigenvalue weighted by Crippen LogP contribution is 2.19. The highest BCUT2D eigenvalue weighted by atomic mass is 79.9. The van der Waals surface area contributed by atoms with Crippen LogP contribution < -0.4 is 5.32 Å². The average Bonchev–Trinajstić information content (AvgIpc) is 2.74. The maximum Gasteiger partial charge on any atom is 0.254 e. The first-order chi connectivity index (χ1) is 8.25. The van der Waals surface area contributed by atoms with E-state index >= 15 is 0 Å². The van der Waals surface area contributed by atoms with E-state index in [1.807, 2.05) is 6.07 Å². The summed E-state index contributed by atoms with van der Waals surface area (Å²) in [6.07, 6.45) is 5.83. The second-order valence-electron chi connectivity index (χ2n) is 3.78. The van der Waals surface area contributed by atoms with Crippen LogP contribution in [0, 0.1) is 0 Å². The molecule has 0 aromatic carbocycles. The van der Waals surface area contributed by atoms with Crippen LogP contribution in [0.25, 0.3) is 5.69 Å². The van der Waals surface area contributed by atoms with Gasteiger partial charge in [0.1, 0.15) is 0 Å². The van der Waals surface area contributed by atoms with Crippen molar-refractivity contribution in [3.8, 4) is 5.69 Å².